The van der Waals surface area contributed by atoms with Crippen LogP contribution in [0.5, 0.6) is 5.75 Å². The number of carbonyl (C=O) groups is 1. The van der Waals surface area contributed by atoms with Crippen LogP contribution in [0.1, 0.15) is 10.4 Å². The molecule has 18 heavy (non-hydrogen) atoms. The number of hydrogen-bond donors (Lipinski definition) is 2. The standard InChI is InChI=1S/C13H19O4S/c1-17-12-4-2-11(3-5-12)13(16)10-18(8-6-14)9-7-15/h2-5,14-15H,6-10H2,1H3/q+1. The zero-order valence-electron chi connectivity index (χ0n) is 10.5. The van der Waals surface area contributed by atoms with Crippen molar-refractivity contribution in [2.45, 2.75) is 0 Å². The molecule has 0 spiro atoms. The molecule has 0 radical (unpaired) electrons. The van der Waals surface area contributed by atoms with Crippen LogP contribution in [0, 0.1) is 0 Å². The van der Waals surface area contributed by atoms with Gasteiger partial charge in [0, 0.05) is 16.5 Å². The van der Waals surface area contributed by atoms with E-state index in [0.29, 0.717) is 22.8 Å². The predicted molar refractivity (Wildman–Crippen MR) is 73.5 cm³/mol. The molecule has 100 valence electrons. The van der Waals surface area contributed by atoms with Crippen LogP contribution >= 0.6 is 0 Å². The fourth-order valence-corrected chi connectivity index (χ4v) is 3.10. The van der Waals surface area contributed by atoms with Gasteiger partial charge in [-0.3, -0.25) is 4.79 Å². The van der Waals surface area contributed by atoms with Gasteiger partial charge in [-0.2, -0.15) is 0 Å². The van der Waals surface area contributed by atoms with Crippen LogP contribution in [0.3, 0.4) is 0 Å². The third-order valence-electron chi connectivity index (χ3n) is 2.51. The number of aliphatic hydroxyl groups excluding tert-OH is 2. The first-order valence-corrected chi connectivity index (χ1v) is 7.47. The number of ether oxygens (including phenoxy) is 1. The fourth-order valence-electron chi connectivity index (χ4n) is 1.55. The maximum atomic E-state index is 12.0. The zero-order valence-corrected chi connectivity index (χ0v) is 11.3. The highest BCUT2D eigenvalue weighted by molar-refractivity contribution is 7.97. The molecule has 0 heterocycles. The number of ketones is 1. The Hall–Kier alpha value is -1.04. The van der Waals surface area contributed by atoms with Crippen LogP contribution in [0.25, 0.3) is 0 Å². The lowest BCUT2D eigenvalue weighted by Crippen LogP contribution is -2.25. The Morgan fingerprint density at radius 3 is 2.17 bits per heavy atom. The second kappa shape index (κ2) is 8.13. The summed E-state index contributed by atoms with van der Waals surface area (Å²) in [5.41, 5.74) is 0.643. The molecule has 0 aliphatic rings. The molecule has 5 heteroatoms. The number of aliphatic hydroxyl groups is 2. The van der Waals surface area contributed by atoms with E-state index >= 15 is 0 Å². The average Bonchev–Trinajstić information content (AvgIpc) is 2.39. The molecule has 1 aromatic rings. The van der Waals surface area contributed by atoms with Crippen molar-refractivity contribution < 1.29 is 19.7 Å². The minimum Gasteiger partial charge on any atom is -0.497 e. The average molecular weight is 271 g/mol. The third-order valence-corrected chi connectivity index (χ3v) is 4.70. The van der Waals surface area contributed by atoms with Crippen molar-refractivity contribution in [2.24, 2.45) is 0 Å². The molecule has 0 saturated carbocycles. The number of carbonyl (C=O) groups excluding carboxylic acids is 1. The Morgan fingerprint density at radius 2 is 1.72 bits per heavy atom. The molecule has 0 atom stereocenters. The smallest absolute Gasteiger partial charge is 0.211 e. The Kier molecular flexibility index (Phi) is 6.78. The van der Waals surface area contributed by atoms with Crippen LogP contribution in [0.2, 0.25) is 0 Å². The number of hydrogen-bond acceptors (Lipinski definition) is 4. The van der Waals surface area contributed by atoms with Crippen molar-refractivity contribution in [1.29, 1.82) is 0 Å². The number of Topliss-reactive ketones (excluding diaryl/α,β-unsaturated/α-hetero) is 1. The van der Waals surface area contributed by atoms with E-state index in [0.717, 1.165) is 5.75 Å². The van der Waals surface area contributed by atoms with Gasteiger partial charge < -0.3 is 14.9 Å². The summed E-state index contributed by atoms with van der Waals surface area (Å²) in [5, 5.41) is 17.8. The molecule has 0 unspecified atom stereocenters. The summed E-state index contributed by atoms with van der Waals surface area (Å²) in [6.07, 6.45) is 0. The summed E-state index contributed by atoms with van der Waals surface area (Å²) in [4.78, 5) is 12.0. The minimum absolute atomic E-state index is 0.0443. The van der Waals surface area contributed by atoms with Gasteiger partial charge in [-0.25, -0.2) is 0 Å². The van der Waals surface area contributed by atoms with Crippen molar-refractivity contribution >= 4 is 16.7 Å². The summed E-state index contributed by atoms with van der Waals surface area (Å²) in [7, 11) is 1.34. The largest absolute Gasteiger partial charge is 0.497 e. The molecule has 4 nitrogen and oxygen atoms in total. The van der Waals surface area contributed by atoms with E-state index in [1.165, 1.54) is 0 Å². The Balaban J connectivity index is 2.61. The lowest BCUT2D eigenvalue weighted by atomic mass is 10.1. The van der Waals surface area contributed by atoms with Crippen molar-refractivity contribution in [3.63, 3.8) is 0 Å². The second-order valence-corrected chi connectivity index (χ2v) is 6.09. The van der Waals surface area contributed by atoms with Crippen LogP contribution in [0.15, 0.2) is 24.3 Å². The first kappa shape index (κ1) is 15.0. The fraction of sp³-hybridized carbons (Fsp3) is 0.462. The molecule has 0 aliphatic carbocycles. The summed E-state index contributed by atoms with van der Waals surface area (Å²) < 4.78 is 5.03. The highest BCUT2D eigenvalue weighted by Gasteiger charge is 2.22. The van der Waals surface area contributed by atoms with Crippen molar-refractivity contribution in [1.82, 2.24) is 0 Å². The van der Waals surface area contributed by atoms with Gasteiger partial charge in [0.2, 0.25) is 5.78 Å². The van der Waals surface area contributed by atoms with E-state index in [9.17, 15) is 4.79 Å². The highest BCUT2D eigenvalue weighted by Crippen LogP contribution is 2.13. The maximum absolute atomic E-state index is 12.0. The normalized spacial score (nSPS) is 10.7. The first-order valence-electron chi connectivity index (χ1n) is 5.74. The molecular weight excluding hydrogens is 252 g/mol. The monoisotopic (exact) mass is 271 g/mol. The van der Waals surface area contributed by atoms with Gasteiger partial charge >= 0.3 is 0 Å². The lowest BCUT2D eigenvalue weighted by molar-refractivity contribution is 0.102. The van der Waals surface area contributed by atoms with E-state index in [1.807, 2.05) is 0 Å². The van der Waals surface area contributed by atoms with E-state index in [1.54, 1.807) is 31.4 Å². The molecule has 2 N–H and O–H groups in total. The highest BCUT2D eigenvalue weighted by atomic mass is 32.2. The minimum atomic E-state index is -0.243. The van der Waals surface area contributed by atoms with Crippen molar-refractivity contribution in [3.05, 3.63) is 29.8 Å². The van der Waals surface area contributed by atoms with Gasteiger partial charge in [-0.1, -0.05) is 0 Å². The molecule has 1 aromatic carbocycles. The van der Waals surface area contributed by atoms with Crippen molar-refractivity contribution in [2.75, 3.05) is 37.6 Å². The summed E-state index contributed by atoms with van der Waals surface area (Å²) >= 11 is 0. The van der Waals surface area contributed by atoms with Crippen LogP contribution in [-0.4, -0.2) is 53.6 Å². The van der Waals surface area contributed by atoms with E-state index in [-0.39, 0.29) is 29.9 Å². The molecule has 0 bridgehead atoms. The molecule has 0 aliphatic heterocycles. The predicted octanol–water partition coefficient (Wildman–Crippen LogP) is 0.481. The summed E-state index contributed by atoms with van der Waals surface area (Å²) in [6.45, 7) is 0.109. The van der Waals surface area contributed by atoms with Crippen LogP contribution < -0.4 is 4.74 Å². The molecule has 0 fully saturated rings. The molecule has 1 rings (SSSR count). The third kappa shape index (κ3) is 4.68. The Morgan fingerprint density at radius 1 is 1.17 bits per heavy atom. The molecule has 0 aromatic heterocycles. The van der Waals surface area contributed by atoms with Crippen LogP contribution in [0.4, 0.5) is 0 Å². The zero-order chi connectivity index (χ0) is 13.4. The SMILES string of the molecule is COc1ccc(C(=O)C[S+](CCO)CCO)cc1. The van der Waals surface area contributed by atoms with Gasteiger partial charge in [-0.15, -0.1) is 0 Å². The van der Waals surface area contributed by atoms with Gasteiger partial charge in [0.25, 0.3) is 0 Å². The van der Waals surface area contributed by atoms with Gasteiger partial charge in [0.1, 0.15) is 17.3 Å². The Labute approximate surface area is 110 Å². The summed E-state index contributed by atoms with van der Waals surface area (Å²) in [6, 6.07) is 6.98. The number of benzene rings is 1. The number of methoxy groups -OCH3 is 1. The molecular formula is C13H19O4S+. The molecule has 0 amide bonds. The maximum Gasteiger partial charge on any atom is 0.211 e. The van der Waals surface area contributed by atoms with Gasteiger partial charge in [0.15, 0.2) is 5.75 Å². The van der Waals surface area contributed by atoms with E-state index in [2.05, 4.69) is 0 Å². The molecule has 0 saturated heterocycles. The second-order valence-electron chi connectivity index (χ2n) is 3.76. The summed E-state index contributed by atoms with van der Waals surface area (Å²) in [5.74, 6) is 2.29. The van der Waals surface area contributed by atoms with Crippen LogP contribution in [-0.2, 0) is 10.9 Å². The Bertz CT molecular complexity index is 358. The first-order chi connectivity index (χ1) is 8.71. The van der Waals surface area contributed by atoms with E-state index < -0.39 is 0 Å². The van der Waals surface area contributed by atoms with Crippen molar-refractivity contribution in [3.8, 4) is 5.75 Å². The lowest BCUT2D eigenvalue weighted by Gasteiger charge is -2.06. The quantitative estimate of drug-likeness (QED) is 0.533. The van der Waals surface area contributed by atoms with Gasteiger partial charge in [-0.05, 0) is 24.3 Å². The number of rotatable bonds is 8. The van der Waals surface area contributed by atoms with Gasteiger partial charge in [0.05, 0.1) is 20.3 Å². The topological polar surface area (TPSA) is 66.8 Å². The van der Waals surface area contributed by atoms with E-state index in [4.69, 9.17) is 14.9 Å².